The normalized spacial score (nSPS) is 30.7. The highest BCUT2D eigenvalue weighted by Crippen LogP contribution is 2.32. The summed E-state index contributed by atoms with van der Waals surface area (Å²) in [5.41, 5.74) is 0. The Bertz CT molecular complexity index is 302. The molecule has 1 rings (SSSR count). The zero-order valence-electron chi connectivity index (χ0n) is 5.99. The monoisotopic (exact) mass is 235 g/mol. The third kappa shape index (κ3) is 1.73. The SMILES string of the molecule is CS(=O)(=O)C1(Br)[CH]C=CC=C1. The molecule has 2 nitrogen and oxygen atoms in total. The van der Waals surface area contributed by atoms with E-state index < -0.39 is 13.5 Å². The van der Waals surface area contributed by atoms with Crippen molar-refractivity contribution in [1.82, 2.24) is 0 Å². The minimum Gasteiger partial charge on any atom is -0.227 e. The van der Waals surface area contributed by atoms with Gasteiger partial charge in [-0.3, -0.25) is 0 Å². The van der Waals surface area contributed by atoms with E-state index in [9.17, 15) is 8.42 Å². The molecular weight excluding hydrogens is 228 g/mol. The lowest BCUT2D eigenvalue weighted by Crippen LogP contribution is -2.29. The van der Waals surface area contributed by atoms with E-state index in [0.717, 1.165) is 0 Å². The van der Waals surface area contributed by atoms with Crippen LogP contribution in [0.1, 0.15) is 0 Å². The van der Waals surface area contributed by atoms with Crippen LogP contribution in [0.4, 0.5) is 0 Å². The molecule has 0 saturated carbocycles. The minimum absolute atomic E-state index is 0.991. The van der Waals surface area contributed by atoms with E-state index in [0.29, 0.717) is 0 Å². The Morgan fingerprint density at radius 2 is 1.91 bits per heavy atom. The van der Waals surface area contributed by atoms with Gasteiger partial charge in [0.15, 0.2) is 13.5 Å². The van der Waals surface area contributed by atoms with Crippen LogP contribution in [0.5, 0.6) is 0 Å². The average molecular weight is 236 g/mol. The Labute approximate surface area is 75.0 Å². The summed E-state index contributed by atoms with van der Waals surface area (Å²) in [4.78, 5) is 0. The number of hydrogen-bond acceptors (Lipinski definition) is 2. The van der Waals surface area contributed by atoms with Gasteiger partial charge in [0, 0.05) is 12.7 Å². The van der Waals surface area contributed by atoms with E-state index in [-0.39, 0.29) is 0 Å². The summed E-state index contributed by atoms with van der Waals surface area (Å²) in [6.45, 7) is 0. The highest BCUT2D eigenvalue weighted by molar-refractivity contribution is 9.11. The number of alkyl halides is 1. The number of allylic oxidation sites excluding steroid dienone is 3. The molecule has 0 saturated heterocycles. The van der Waals surface area contributed by atoms with Crippen LogP contribution in [-0.2, 0) is 9.84 Å². The minimum atomic E-state index is -3.10. The van der Waals surface area contributed by atoms with Crippen LogP contribution in [0.15, 0.2) is 24.3 Å². The maximum atomic E-state index is 11.1. The first kappa shape index (κ1) is 9.00. The molecule has 11 heavy (non-hydrogen) atoms. The highest BCUT2D eigenvalue weighted by Gasteiger charge is 2.34. The van der Waals surface area contributed by atoms with Crippen molar-refractivity contribution in [3.05, 3.63) is 30.7 Å². The fourth-order valence-electron chi connectivity index (χ4n) is 0.740. The van der Waals surface area contributed by atoms with Crippen LogP contribution < -0.4 is 0 Å². The molecule has 0 fully saturated rings. The Hall–Kier alpha value is -0.0900. The smallest absolute Gasteiger partial charge is 0.167 e. The van der Waals surface area contributed by atoms with Crippen LogP contribution in [0.3, 0.4) is 0 Å². The van der Waals surface area contributed by atoms with Crippen LogP contribution in [-0.4, -0.2) is 18.3 Å². The fourth-order valence-corrected chi connectivity index (χ4v) is 1.70. The van der Waals surface area contributed by atoms with Gasteiger partial charge in [0.05, 0.1) is 0 Å². The zero-order valence-corrected chi connectivity index (χ0v) is 8.39. The first-order valence-electron chi connectivity index (χ1n) is 3.05. The maximum Gasteiger partial charge on any atom is 0.167 e. The van der Waals surface area contributed by atoms with Crippen molar-refractivity contribution in [2.24, 2.45) is 0 Å². The van der Waals surface area contributed by atoms with Gasteiger partial charge >= 0.3 is 0 Å². The molecule has 1 aliphatic rings. The Balaban J connectivity index is 3.04. The summed E-state index contributed by atoms with van der Waals surface area (Å²) in [7, 11) is -3.10. The Morgan fingerprint density at radius 1 is 1.27 bits per heavy atom. The van der Waals surface area contributed by atoms with Crippen molar-refractivity contribution < 1.29 is 8.42 Å². The molecule has 0 aromatic carbocycles. The van der Waals surface area contributed by atoms with Crippen molar-refractivity contribution in [3.63, 3.8) is 0 Å². The molecule has 0 heterocycles. The van der Waals surface area contributed by atoms with E-state index in [1.165, 1.54) is 6.26 Å². The topological polar surface area (TPSA) is 34.1 Å². The summed E-state index contributed by atoms with van der Waals surface area (Å²) < 4.78 is 21.3. The van der Waals surface area contributed by atoms with Crippen LogP contribution in [0, 0.1) is 6.42 Å². The van der Waals surface area contributed by atoms with Gasteiger partial charge in [-0.15, -0.1) is 0 Å². The summed E-state index contributed by atoms with van der Waals surface area (Å²) in [5, 5.41) is 0. The first-order chi connectivity index (χ1) is 4.96. The molecule has 0 aromatic rings. The third-order valence-corrected chi connectivity index (χ3v) is 5.14. The van der Waals surface area contributed by atoms with E-state index in [2.05, 4.69) is 15.9 Å². The molecule has 4 heteroatoms. The molecule has 61 valence electrons. The molecule has 0 N–H and O–H groups in total. The lowest BCUT2D eigenvalue weighted by Gasteiger charge is -2.21. The lowest BCUT2D eigenvalue weighted by atomic mass is 10.2. The molecular formula is C7H8BrO2S. The van der Waals surface area contributed by atoms with Gasteiger partial charge in [-0.1, -0.05) is 40.2 Å². The second kappa shape index (κ2) is 2.75. The molecule has 0 aliphatic heterocycles. The van der Waals surface area contributed by atoms with Gasteiger partial charge in [-0.25, -0.2) is 8.42 Å². The van der Waals surface area contributed by atoms with Gasteiger partial charge in [-0.2, -0.15) is 0 Å². The molecule has 1 unspecified atom stereocenters. The maximum absolute atomic E-state index is 11.1. The van der Waals surface area contributed by atoms with E-state index in [1.54, 1.807) is 30.7 Å². The summed E-state index contributed by atoms with van der Waals surface area (Å²) >= 11 is 3.13. The van der Waals surface area contributed by atoms with Crippen LogP contribution in [0.25, 0.3) is 0 Å². The molecule has 0 bridgehead atoms. The summed E-state index contributed by atoms with van der Waals surface area (Å²) in [6.07, 6.45) is 9.59. The largest absolute Gasteiger partial charge is 0.227 e. The van der Waals surface area contributed by atoms with E-state index in [4.69, 9.17) is 0 Å². The Morgan fingerprint density at radius 3 is 2.18 bits per heavy atom. The van der Waals surface area contributed by atoms with Crippen molar-refractivity contribution in [2.75, 3.05) is 6.26 Å². The predicted molar refractivity (Wildman–Crippen MR) is 49.1 cm³/mol. The number of rotatable bonds is 1. The van der Waals surface area contributed by atoms with Crippen molar-refractivity contribution in [1.29, 1.82) is 0 Å². The van der Waals surface area contributed by atoms with Crippen molar-refractivity contribution >= 4 is 25.8 Å². The Kier molecular flexibility index (Phi) is 2.25. The zero-order chi connectivity index (χ0) is 8.54. The quantitative estimate of drug-likeness (QED) is 0.646. The van der Waals surface area contributed by atoms with Gasteiger partial charge in [0.1, 0.15) is 0 Å². The predicted octanol–water partition coefficient (Wildman–Crippen LogP) is 1.45. The summed E-state index contributed by atoms with van der Waals surface area (Å²) in [5.74, 6) is 0. The molecule has 0 aromatic heterocycles. The van der Waals surface area contributed by atoms with Crippen LogP contribution in [0.2, 0.25) is 0 Å². The molecule has 0 amide bonds. The standard InChI is InChI=1S/C7H8BrO2S/c1-11(9,10)7(8)5-3-2-4-6-7/h2-6H,1H3. The van der Waals surface area contributed by atoms with Gasteiger partial charge in [0.2, 0.25) is 0 Å². The molecule has 1 radical (unpaired) electrons. The third-order valence-electron chi connectivity index (χ3n) is 1.44. The molecule has 1 atom stereocenters. The molecule has 1 aliphatic carbocycles. The highest BCUT2D eigenvalue weighted by atomic mass is 79.9. The van der Waals surface area contributed by atoms with Gasteiger partial charge in [0.25, 0.3) is 0 Å². The second-order valence-corrected chi connectivity index (χ2v) is 6.44. The summed E-state index contributed by atoms with van der Waals surface area (Å²) in [6, 6.07) is 0. The van der Waals surface area contributed by atoms with Crippen LogP contribution >= 0.6 is 15.9 Å². The van der Waals surface area contributed by atoms with Crippen molar-refractivity contribution in [3.8, 4) is 0 Å². The van der Waals surface area contributed by atoms with Gasteiger partial charge in [-0.05, 0) is 0 Å². The van der Waals surface area contributed by atoms with Crippen molar-refractivity contribution in [2.45, 2.75) is 3.66 Å². The number of hydrogen-bond donors (Lipinski definition) is 0. The van der Waals surface area contributed by atoms with E-state index in [1.807, 2.05) is 0 Å². The lowest BCUT2D eigenvalue weighted by molar-refractivity contribution is 0.596. The number of sulfone groups is 1. The fraction of sp³-hybridized carbons (Fsp3) is 0.286. The van der Waals surface area contributed by atoms with E-state index >= 15 is 0 Å². The molecule has 0 spiro atoms. The number of halogens is 1. The first-order valence-corrected chi connectivity index (χ1v) is 5.73. The average Bonchev–Trinajstić information content (AvgIpc) is 1.87. The second-order valence-electron chi connectivity index (χ2n) is 2.38. The van der Waals surface area contributed by atoms with Gasteiger partial charge < -0.3 is 0 Å².